The Bertz CT molecular complexity index is 418. The van der Waals surface area contributed by atoms with Crippen molar-refractivity contribution in [3.8, 4) is 0 Å². The first kappa shape index (κ1) is 9.81. The second kappa shape index (κ2) is 3.79. The SMILES string of the molecule is C[C@H]1C[C@@]1(/C=C\c1ccccc1)N=[N+]=[N-]. The van der Waals surface area contributed by atoms with E-state index in [4.69, 9.17) is 5.53 Å². The van der Waals surface area contributed by atoms with E-state index in [9.17, 15) is 0 Å². The van der Waals surface area contributed by atoms with Crippen LogP contribution in [0.5, 0.6) is 0 Å². The van der Waals surface area contributed by atoms with Gasteiger partial charge in [0, 0.05) is 4.91 Å². The van der Waals surface area contributed by atoms with Crippen LogP contribution in [-0.4, -0.2) is 5.54 Å². The molecule has 0 bridgehead atoms. The standard InChI is InChI=1S/C12H13N3/c1-10-9-12(10,14-15-13)8-7-11-5-3-2-4-6-11/h2-8,10H,9H2,1H3/b8-7-/t10-,12+/m0/s1. The molecule has 3 nitrogen and oxygen atoms in total. The summed E-state index contributed by atoms with van der Waals surface area (Å²) in [4.78, 5) is 2.91. The first-order chi connectivity index (χ1) is 7.27. The Morgan fingerprint density at radius 3 is 2.67 bits per heavy atom. The first-order valence-electron chi connectivity index (χ1n) is 5.07. The molecule has 2 rings (SSSR count). The topological polar surface area (TPSA) is 48.8 Å². The van der Waals surface area contributed by atoms with Gasteiger partial charge in [0.2, 0.25) is 0 Å². The maximum atomic E-state index is 8.48. The largest absolute Gasteiger partial charge is 0.0829 e. The molecule has 1 aliphatic rings. The molecule has 76 valence electrons. The van der Waals surface area contributed by atoms with Crippen LogP contribution in [0.2, 0.25) is 0 Å². The molecule has 3 heteroatoms. The Morgan fingerprint density at radius 2 is 2.13 bits per heavy atom. The number of rotatable bonds is 3. The lowest BCUT2D eigenvalue weighted by Crippen LogP contribution is -2.00. The molecular weight excluding hydrogens is 186 g/mol. The van der Waals surface area contributed by atoms with E-state index in [1.54, 1.807) is 0 Å². The van der Waals surface area contributed by atoms with Crippen molar-refractivity contribution in [1.29, 1.82) is 0 Å². The maximum Gasteiger partial charge on any atom is 0.0700 e. The van der Waals surface area contributed by atoms with Crippen LogP contribution in [-0.2, 0) is 0 Å². The third-order valence-corrected chi connectivity index (χ3v) is 2.92. The van der Waals surface area contributed by atoms with Crippen LogP contribution in [0.4, 0.5) is 0 Å². The molecule has 1 fully saturated rings. The second-order valence-corrected chi connectivity index (χ2v) is 4.03. The van der Waals surface area contributed by atoms with E-state index in [1.807, 2.05) is 42.5 Å². The highest BCUT2D eigenvalue weighted by atomic mass is 15.2. The Morgan fingerprint density at radius 1 is 1.47 bits per heavy atom. The highest BCUT2D eigenvalue weighted by Crippen LogP contribution is 2.48. The van der Waals surface area contributed by atoms with E-state index in [0.29, 0.717) is 5.92 Å². The number of azide groups is 1. The van der Waals surface area contributed by atoms with E-state index in [1.165, 1.54) is 0 Å². The Kier molecular flexibility index (Phi) is 2.48. The second-order valence-electron chi connectivity index (χ2n) is 4.03. The average Bonchev–Trinajstić information content (AvgIpc) is 2.89. The third kappa shape index (κ3) is 2.03. The van der Waals surface area contributed by atoms with Crippen LogP contribution in [0.25, 0.3) is 16.5 Å². The lowest BCUT2D eigenvalue weighted by Gasteiger charge is -2.00. The van der Waals surface area contributed by atoms with Crippen LogP contribution in [0.3, 0.4) is 0 Å². The maximum absolute atomic E-state index is 8.48. The molecule has 0 radical (unpaired) electrons. The van der Waals surface area contributed by atoms with Crippen LogP contribution >= 0.6 is 0 Å². The van der Waals surface area contributed by atoms with Gasteiger partial charge in [-0.15, -0.1) is 0 Å². The van der Waals surface area contributed by atoms with Gasteiger partial charge >= 0.3 is 0 Å². The van der Waals surface area contributed by atoms with Gasteiger partial charge in [0.05, 0.1) is 5.54 Å². The molecule has 0 amide bonds. The van der Waals surface area contributed by atoms with Crippen LogP contribution < -0.4 is 0 Å². The van der Waals surface area contributed by atoms with Crippen molar-refractivity contribution in [3.63, 3.8) is 0 Å². The van der Waals surface area contributed by atoms with Gasteiger partial charge in [0.25, 0.3) is 0 Å². The number of benzene rings is 1. The van der Waals surface area contributed by atoms with Gasteiger partial charge < -0.3 is 0 Å². The van der Waals surface area contributed by atoms with Gasteiger partial charge in [-0.25, -0.2) is 0 Å². The first-order valence-corrected chi connectivity index (χ1v) is 5.07. The number of hydrogen-bond acceptors (Lipinski definition) is 1. The minimum absolute atomic E-state index is 0.259. The average molecular weight is 199 g/mol. The molecule has 1 aliphatic carbocycles. The van der Waals surface area contributed by atoms with E-state index in [-0.39, 0.29) is 5.54 Å². The molecule has 0 heterocycles. The number of hydrogen-bond donors (Lipinski definition) is 0. The Hall–Kier alpha value is -1.73. The van der Waals surface area contributed by atoms with Crippen molar-refractivity contribution in [2.75, 3.05) is 0 Å². The highest BCUT2D eigenvalue weighted by molar-refractivity contribution is 5.52. The normalized spacial score (nSPS) is 28.7. The molecular formula is C12H13N3. The summed E-state index contributed by atoms with van der Waals surface area (Å²) in [6.07, 6.45) is 5.01. The van der Waals surface area contributed by atoms with Gasteiger partial charge in [-0.1, -0.05) is 54.5 Å². The molecule has 0 spiro atoms. The van der Waals surface area contributed by atoms with Crippen molar-refractivity contribution < 1.29 is 0 Å². The molecule has 0 aliphatic heterocycles. The number of nitrogens with zero attached hydrogens (tertiary/aromatic N) is 3. The van der Waals surface area contributed by atoms with E-state index in [2.05, 4.69) is 16.9 Å². The fourth-order valence-electron chi connectivity index (χ4n) is 1.72. The Labute approximate surface area is 89.1 Å². The predicted octanol–water partition coefficient (Wildman–Crippen LogP) is 3.79. The quantitative estimate of drug-likeness (QED) is 0.404. The predicted molar refractivity (Wildman–Crippen MR) is 61.1 cm³/mol. The summed E-state index contributed by atoms with van der Waals surface area (Å²) < 4.78 is 0. The van der Waals surface area contributed by atoms with Gasteiger partial charge in [-0.05, 0) is 23.4 Å². The summed E-state index contributed by atoms with van der Waals surface area (Å²) in [7, 11) is 0. The highest BCUT2D eigenvalue weighted by Gasteiger charge is 2.48. The molecule has 0 aromatic heterocycles. The summed E-state index contributed by atoms with van der Waals surface area (Å²) in [5.41, 5.74) is 9.36. The summed E-state index contributed by atoms with van der Waals surface area (Å²) in [6, 6.07) is 10.0. The van der Waals surface area contributed by atoms with E-state index < -0.39 is 0 Å². The van der Waals surface area contributed by atoms with Gasteiger partial charge in [-0.3, -0.25) is 0 Å². The molecule has 1 aromatic carbocycles. The van der Waals surface area contributed by atoms with Gasteiger partial charge in [0.15, 0.2) is 0 Å². The lowest BCUT2D eigenvalue weighted by molar-refractivity contribution is 0.753. The monoisotopic (exact) mass is 199 g/mol. The summed E-state index contributed by atoms with van der Waals surface area (Å²) in [5, 5.41) is 3.86. The fraction of sp³-hybridized carbons (Fsp3) is 0.333. The summed E-state index contributed by atoms with van der Waals surface area (Å²) in [5.74, 6) is 0.466. The van der Waals surface area contributed by atoms with E-state index >= 15 is 0 Å². The van der Waals surface area contributed by atoms with Crippen molar-refractivity contribution >= 4 is 6.08 Å². The molecule has 0 unspecified atom stereocenters. The van der Waals surface area contributed by atoms with Crippen LogP contribution in [0.1, 0.15) is 18.9 Å². The summed E-state index contributed by atoms with van der Waals surface area (Å²) in [6.45, 7) is 2.10. The lowest BCUT2D eigenvalue weighted by atomic mass is 10.1. The zero-order valence-electron chi connectivity index (χ0n) is 8.67. The molecule has 0 N–H and O–H groups in total. The molecule has 2 atom stereocenters. The summed E-state index contributed by atoms with van der Waals surface area (Å²) >= 11 is 0. The minimum atomic E-state index is -0.259. The smallest absolute Gasteiger partial charge is 0.0700 e. The van der Waals surface area contributed by atoms with Crippen molar-refractivity contribution in [1.82, 2.24) is 0 Å². The zero-order valence-corrected chi connectivity index (χ0v) is 8.67. The van der Waals surface area contributed by atoms with Crippen LogP contribution in [0.15, 0.2) is 41.5 Å². The van der Waals surface area contributed by atoms with Crippen LogP contribution in [0, 0.1) is 5.92 Å². The molecule has 1 aromatic rings. The van der Waals surface area contributed by atoms with Crippen molar-refractivity contribution in [2.45, 2.75) is 18.9 Å². The fourth-order valence-corrected chi connectivity index (χ4v) is 1.72. The molecule has 15 heavy (non-hydrogen) atoms. The zero-order chi connectivity index (χ0) is 10.7. The molecule has 0 saturated heterocycles. The van der Waals surface area contributed by atoms with Crippen molar-refractivity contribution in [3.05, 3.63) is 52.4 Å². The molecule has 1 saturated carbocycles. The Balaban J connectivity index is 2.15. The van der Waals surface area contributed by atoms with Gasteiger partial charge in [-0.2, -0.15) is 0 Å². The van der Waals surface area contributed by atoms with Gasteiger partial charge in [0.1, 0.15) is 0 Å². The van der Waals surface area contributed by atoms with E-state index in [0.717, 1.165) is 12.0 Å². The minimum Gasteiger partial charge on any atom is -0.0829 e. The third-order valence-electron chi connectivity index (χ3n) is 2.92. The van der Waals surface area contributed by atoms with Crippen molar-refractivity contribution in [2.24, 2.45) is 11.0 Å².